The van der Waals surface area contributed by atoms with E-state index in [-0.39, 0.29) is 31.3 Å². The molecule has 62 heavy (non-hydrogen) atoms. The fraction of sp³-hybridized carbons (Fsp3) is 0.607. The summed E-state index contributed by atoms with van der Waals surface area (Å²) in [6, 6.07) is -0.738. The van der Waals surface area contributed by atoms with E-state index in [1.807, 2.05) is 0 Å². The van der Waals surface area contributed by atoms with Crippen LogP contribution >= 0.6 is 0 Å². The lowest BCUT2D eigenvalue weighted by Gasteiger charge is -2.24. The van der Waals surface area contributed by atoms with Crippen LogP contribution in [0.15, 0.2) is 122 Å². The molecule has 0 fully saturated rings. The van der Waals surface area contributed by atoms with Crippen molar-refractivity contribution in [3.05, 3.63) is 122 Å². The van der Waals surface area contributed by atoms with Gasteiger partial charge in [0, 0.05) is 6.42 Å². The Kier molecular flexibility index (Phi) is 45.4. The molecule has 0 radical (unpaired) electrons. The molecule has 1 amide bonds. The quantitative estimate of drug-likeness (QED) is 0.0323. The van der Waals surface area contributed by atoms with Crippen LogP contribution in [0.2, 0.25) is 0 Å². The Hall–Kier alpha value is -3.74. The van der Waals surface area contributed by atoms with E-state index in [2.05, 4.69) is 148 Å². The van der Waals surface area contributed by atoms with Crippen LogP contribution in [0, 0.1) is 0 Å². The van der Waals surface area contributed by atoms with Crippen molar-refractivity contribution < 1.29 is 24.5 Å². The molecule has 0 aliphatic heterocycles. The fourth-order valence-electron chi connectivity index (χ4n) is 6.61. The van der Waals surface area contributed by atoms with Crippen LogP contribution < -0.4 is 5.32 Å². The number of ether oxygens (including phenoxy) is 1. The van der Waals surface area contributed by atoms with Crippen LogP contribution in [0.3, 0.4) is 0 Å². The number of nitrogens with one attached hydrogen (secondary N) is 1. The van der Waals surface area contributed by atoms with Gasteiger partial charge in [-0.3, -0.25) is 9.59 Å². The molecule has 6 nitrogen and oxygen atoms in total. The van der Waals surface area contributed by atoms with Gasteiger partial charge in [-0.2, -0.15) is 0 Å². The highest BCUT2D eigenvalue weighted by Gasteiger charge is 2.23. The number of carbonyl (C=O) groups is 2. The molecular weight excluding hydrogens is 767 g/mol. The summed E-state index contributed by atoms with van der Waals surface area (Å²) in [7, 11) is 0. The van der Waals surface area contributed by atoms with Gasteiger partial charge in [0.05, 0.1) is 25.2 Å². The third-order valence-electron chi connectivity index (χ3n) is 10.3. The molecule has 6 heteroatoms. The van der Waals surface area contributed by atoms with Crippen molar-refractivity contribution in [2.24, 2.45) is 0 Å². The van der Waals surface area contributed by atoms with Gasteiger partial charge < -0.3 is 20.3 Å². The molecule has 0 rings (SSSR count). The summed E-state index contributed by atoms with van der Waals surface area (Å²) >= 11 is 0. The Bertz CT molecular complexity index is 1330. The molecular formula is C56H91NO5. The predicted octanol–water partition coefficient (Wildman–Crippen LogP) is 14.9. The number of allylic oxidation sites excluding steroid dienone is 20. The second kappa shape index (κ2) is 48.3. The van der Waals surface area contributed by atoms with Crippen molar-refractivity contribution in [3.63, 3.8) is 0 Å². The van der Waals surface area contributed by atoms with Crippen LogP contribution in [0.5, 0.6) is 0 Å². The Labute approximate surface area is 380 Å². The molecule has 0 bridgehead atoms. The summed E-state index contributed by atoms with van der Waals surface area (Å²) in [5, 5.41) is 23.6. The molecule has 0 saturated heterocycles. The van der Waals surface area contributed by atoms with Gasteiger partial charge in [-0.05, 0) is 103 Å². The van der Waals surface area contributed by atoms with Gasteiger partial charge in [-0.25, -0.2) is 0 Å². The Morgan fingerprint density at radius 2 is 0.871 bits per heavy atom. The summed E-state index contributed by atoms with van der Waals surface area (Å²) in [6.07, 6.45) is 66.9. The Balaban J connectivity index is 4.83. The van der Waals surface area contributed by atoms with Crippen LogP contribution in [0.25, 0.3) is 0 Å². The summed E-state index contributed by atoms with van der Waals surface area (Å²) in [6.45, 7) is 6.18. The van der Waals surface area contributed by atoms with Crippen molar-refractivity contribution in [3.8, 4) is 0 Å². The predicted molar refractivity (Wildman–Crippen MR) is 268 cm³/mol. The Morgan fingerprint density at radius 3 is 1.29 bits per heavy atom. The molecule has 0 aromatic heterocycles. The number of amides is 1. The van der Waals surface area contributed by atoms with Gasteiger partial charge in [-0.15, -0.1) is 0 Å². The van der Waals surface area contributed by atoms with Gasteiger partial charge in [0.2, 0.25) is 5.91 Å². The molecule has 0 heterocycles. The molecule has 0 aromatic carbocycles. The first-order valence-electron chi connectivity index (χ1n) is 24.8. The highest BCUT2D eigenvalue weighted by Crippen LogP contribution is 2.15. The monoisotopic (exact) mass is 858 g/mol. The first-order valence-corrected chi connectivity index (χ1v) is 24.8. The first kappa shape index (κ1) is 58.3. The third-order valence-corrected chi connectivity index (χ3v) is 10.3. The van der Waals surface area contributed by atoms with E-state index in [1.54, 1.807) is 0 Å². The van der Waals surface area contributed by atoms with E-state index < -0.39 is 18.2 Å². The largest absolute Gasteiger partial charge is 0.462 e. The summed E-state index contributed by atoms with van der Waals surface area (Å²) in [4.78, 5) is 26.1. The molecule has 0 aromatic rings. The van der Waals surface area contributed by atoms with E-state index in [0.717, 1.165) is 103 Å². The average molecular weight is 858 g/mol. The van der Waals surface area contributed by atoms with Crippen molar-refractivity contribution in [1.29, 1.82) is 0 Å². The standard InChI is InChI=1S/C56H91NO5/c1-4-7-10-13-16-19-21-23-25-27-29-31-33-36-38-41-44-47-52(50-55(60)57-53(51-58)54(59)48-45-42-39-35-18-15-12-9-6-3)62-56(61)49-46-43-40-37-34-32-30-28-26-24-22-20-17-14-11-8-5-2/h7-8,10-11,16-17,19-20,23-26,29-32,36-38,40,52-54,58-59H,4-6,9,12-15,18,21-22,27-28,33-35,39,41-51H2,1-3H3,(H,57,60)/b10-7-,11-8-,19-16-,20-17-,25-23-,26-24-,31-29-,32-30-,38-36-,40-37-. The minimum atomic E-state index is -0.819. The van der Waals surface area contributed by atoms with Crippen molar-refractivity contribution in [2.75, 3.05) is 6.61 Å². The highest BCUT2D eigenvalue weighted by molar-refractivity contribution is 5.77. The molecule has 0 saturated carbocycles. The van der Waals surface area contributed by atoms with Gasteiger partial charge in [0.25, 0.3) is 0 Å². The van der Waals surface area contributed by atoms with Crippen molar-refractivity contribution in [2.45, 2.75) is 212 Å². The fourth-order valence-corrected chi connectivity index (χ4v) is 6.61. The maximum absolute atomic E-state index is 13.2. The molecule has 3 N–H and O–H groups in total. The summed E-state index contributed by atoms with van der Waals surface area (Å²) in [5.41, 5.74) is 0. The second-order valence-corrected chi connectivity index (χ2v) is 16.1. The highest BCUT2D eigenvalue weighted by atomic mass is 16.5. The van der Waals surface area contributed by atoms with Gasteiger partial charge >= 0.3 is 5.97 Å². The number of hydrogen-bond donors (Lipinski definition) is 3. The van der Waals surface area contributed by atoms with Gasteiger partial charge in [0.15, 0.2) is 0 Å². The van der Waals surface area contributed by atoms with E-state index in [4.69, 9.17) is 4.74 Å². The van der Waals surface area contributed by atoms with Crippen molar-refractivity contribution in [1.82, 2.24) is 5.32 Å². The minimum Gasteiger partial charge on any atom is -0.462 e. The maximum Gasteiger partial charge on any atom is 0.306 e. The molecule has 3 unspecified atom stereocenters. The summed E-state index contributed by atoms with van der Waals surface area (Å²) in [5.74, 6) is -0.615. The topological polar surface area (TPSA) is 95.9 Å². The number of hydrogen-bond acceptors (Lipinski definition) is 5. The van der Waals surface area contributed by atoms with Gasteiger partial charge in [0.1, 0.15) is 6.10 Å². The zero-order valence-corrected chi connectivity index (χ0v) is 39.7. The number of aliphatic hydroxyl groups is 2. The molecule has 0 aliphatic rings. The molecule has 0 aliphatic carbocycles. The van der Waals surface area contributed by atoms with E-state index >= 15 is 0 Å². The summed E-state index contributed by atoms with van der Waals surface area (Å²) < 4.78 is 5.87. The number of unbranched alkanes of at least 4 members (excludes halogenated alkanes) is 10. The van der Waals surface area contributed by atoms with Crippen LogP contribution in [-0.4, -0.2) is 46.9 Å². The lowest BCUT2D eigenvalue weighted by Crippen LogP contribution is -2.46. The molecule has 0 spiro atoms. The minimum absolute atomic E-state index is 0.00737. The number of rotatable bonds is 42. The second-order valence-electron chi connectivity index (χ2n) is 16.1. The molecule has 3 atom stereocenters. The van der Waals surface area contributed by atoms with E-state index in [1.165, 1.54) is 38.5 Å². The lowest BCUT2D eigenvalue weighted by molar-refractivity contribution is -0.151. The normalized spacial score (nSPS) is 14.3. The smallest absolute Gasteiger partial charge is 0.306 e. The number of carbonyl (C=O) groups excluding carboxylic acids is 2. The average Bonchev–Trinajstić information content (AvgIpc) is 3.26. The SMILES string of the molecule is CC/C=C\C/C=C\C/C=C\C/C=C\C/C=C\CCCC(=O)OC(CCC/C=C\C/C=C\C/C=C\C/C=C\C/C=C\CC)CC(=O)NC(CO)C(O)CCCCCCCCCCC. The van der Waals surface area contributed by atoms with E-state index in [9.17, 15) is 19.8 Å². The van der Waals surface area contributed by atoms with Crippen LogP contribution in [-0.2, 0) is 14.3 Å². The molecule has 350 valence electrons. The number of aliphatic hydroxyl groups excluding tert-OH is 2. The van der Waals surface area contributed by atoms with Gasteiger partial charge in [-0.1, -0.05) is 200 Å². The van der Waals surface area contributed by atoms with E-state index in [0.29, 0.717) is 19.3 Å². The first-order chi connectivity index (χ1) is 30.5. The zero-order chi connectivity index (χ0) is 45.2. The number of esters is 1. The third kappa shape index (κ3) is 42.9. The Morgan fingerprint density at radius 1 is 0.484 bits per heavy atom. The zero-order valence-electron chi connectivity index (χ0n) is 39.7. The lowest BCUT2D eigenvalue weighted by atomic mass is 10.0. The van der Waals surface area contributed by atoms with Crippen LogP contribution in [0.1, 0.15) is 194 Å². The van der Waals surface area contributed by atoms with Crippen LogP contribution in [0.4, 0.5) is 0 Å². The maximum atomic E-state index is 13.2. The van der Waals surface area contributed by atoms with Crippen molar-refractivity contribution >= 4 is 11.9 Å².